The standard InChI is InChI=1S/C16H23N5S/c1-13-12-22-15(21-13)7-3-5-10-19-16(17)20-11-8-14-6-2-4-9-18-14/h2,4,6,9,12H,3,5,7-8,10-11H2,1H3,(H3,17,19,20). The van der Waals surface area contributed by atoms with Crippen molar-refractivity contribution in [2.24, 2.45) is 10.7 Å². The molecule has 3 N–H and O–H groups in total. The molecule has 2 heterocycles. The summed E-state index contributed by atoms with van der Waals surface area (Å²) >= 11 is 1.73. The van der Waals surface area contributed by atoms with Crippen molar-refractivity contribution in [3.8, 4) is 0 Å². The zero-order chi connectivity index (χ0) is 15.6. The van der Waals surface area contributed by atoms with Crippen LogP contribution in [0.4, 0.5) is 0 Å². The first-order chi connectivity index (χ1) is 10.7. The highest BCUT2D eigenvalue weighted by atomic mass is 32.1. The van der Waals surface area contributed by atoms with Crippen LogP contribution in [0.2, 0.25) is 0 Å². The highest BCUT2D eigenvalue weighted by Crippen LogP contribution is 2.11. The predicted molar refractivity (Wildman–Crippen MR) is 92.2 cm³/mol. The molecule has 0 aromatic carbocycles. The van der Waals surface area contributed by atoms with Crippen molar-refractivity contribution in [3.63, 3.8) is 0 Å². The van der Waals surface area contributed by atoms with Gasteiger partial charge in [-0.2, -0.15) is 0 Å². The van der Waals surface area contributed by atoms with Crippen LogP contribution in [0.25, 0.3) is 0 Å². The third kappa shape index (κ3) is 6.22. The quantitative estimate of drug-likeness (QED) is 0.445. The van der Waals surface area contributed by atoms with Gasteiger partial charge in [-0.05, 0) is 38.3 Å². The maximum atomic E-state index is 5.84. The first kappa shape index (κ1) is 16.4. The van der Waals surface area contributed by atoms with Gasteiger partial charge in [0.25, 0.3) is 0 Å². The minimum atomic E-state index is 0.515. The number of aliphatic imine (C=N–C) groups is 1. The lowest BCUT2D eigenvalue weighted by molar-refractivity contribution is 0.735. The molecule has 0 aliphatic rings. The van der Waals surface area contributed by atoms with Crippen LogP contribution in [0.5, 0.6) is 0 Å². The van der Waals surface area contributed by atoms with Crippen LogP contribution in [0.15, 0.2) is 34.8 Å². The largest absolute Gasteiger partial charge is 0.370 e. The number of hydrogen-bond donors (Lipinski definition) is 2. The van der Waals surface area contributed by atoms with Crippen LogP contribution in [-0.2, 0) is 12.8 Å². The Hall–Kier alpha value is -1.95. The molecule has 0 saturated heterocycles. The zero-order valence-electron chi connectivity index (χ0n) is 13.0. The number of rotatable bonds is 8. The molecule has 0 radical (unpaired) electrons. The summed E-state index contributed by atoms with van der Waals surface area (Å²) in [6.45, 7) is 3.54. The fourth-order valence-electron chi connectivity index (χ4n) is 2.03. The number of nitrogens with two attached hydrogens (primary N) is 1. The Labute approximate surface area is 135 Å². The Balaban J connectivity index is 1.55. The highest BCUT2D eigenvalue weighted by molar-refractivity contribution is 7.09. The van der Waals surface area contributed by atoms with E-state index in [2.05, 4.69) is 25.7 Å². The fraction of sp³-hybridized carbons (Fsp3) is 0.438. The van der Waals surface area contributed by atoms with Gasteiger partial charge in [0.1, 0.15) is 0 Å². The van der Waals surface area contributed by atoms with E-state index in [4.69, 9.17) is 5.73 Å². The molecule has 0 unspecified atom stereocenters. The van der Waals surface area contributed by atoms with Crippen molar-refractivity contribution >= 4 is 17.3 Å². The SMILES string of the molecule is Cc1csc(CCCCN=C(N)NCCc2ccccn2)n1. The molecule has 0 saturated carbocycles. The summed E-state index contributed by atoms with van der Waals surface area (Å²) in [6, 6.07) is 5.92. The number of nitrogens with one attached hydrogen (secondary N) is 1. The molecule has 2 rings (SSSR count). The number of nitrogens with zero attached hydrogens (tertiary/aromatic N) is 3. The lowest BCUT2D eigenvalue weighted by Crippen LogP contribution is -2.33. The number of hydrogen-bond acceptors (Lipinski definition) is 4. The van der Waals surface area contributed by atoms with Gasteiger partial charge >= 0.3 is 0 Å². The molecule has 2 aromatic heterocycles. The number of aromatic nitrogens is 2. The summed E-state index contributed by atoms with van der Waals surface area (Å²) in [4.78, 5) is 13.1. The second-order valence-electron chi connectivity index (χ2n) is 5.10. The number of thiazole rings is 1. The van der Waals surface area contributed by atoms with Crippen LogP contribution in [0, 0.1) is 6.92 Å². The van der Waals surface area contributed by atoms with Gasteiger partial charge in [-0.1, -0.05) is 6.07 Å². The Bertz CT molecular complexity index is 579. The number of unbranched alkanes of at least 4 members (excludes halogenated alkanes) is 1. The van der Waals surface area contributed by atoms with Crippen molar-refractivity contribution in [1.82, 2.24) is 15.3 Å². The van der Waals surface area contributed by atoms with Crippen molar-refractivity contribution in [2.75, 3.05) is 13.1 Å². The summed E-state index contributed by atoms with van der Waals surface area (Å²) in [6.07, 6.45) is 5.80. The maximum Gasteiger partial charge on any atom is 0.188 e. The fourth-order valence-corrected chi connectivity index (χ4v) is 2.84. The second kappa shape index (κ2) is 9.15. The monoisotopic (exact) mass is 317 g/mol. The Morgan fingerprint density at radius 3 is 2.95 bits per heavy atom. The molecule has 22 heavy (non-hydrogen) atoms. The molecule has 0 fully saturated rings. The predicted octanol–water partition coefficient (Wildman–Crippen LogP) is 2.32. The minimum absolute atomic E-state index is 0.515. The number of aryl methyl sites for hydroxylation is 2. The molecule has 2 aromatic rings. The van der Waals surface area contributed by atoms with Gasteiger partial charge in [-0.3, -0.25) is 9.98 Å². The normalized spacial score (nSPS) is 11.6. The highest BCUT2D eigenvalue weighted by Gasteiger charge is 1.98. The van der Waals surface area contributed by atoms with Crippen LogP contribution < -0.4 is 11.1 Å². The van der Waals surface area contributed by atoms with E-state index < -0.39 is 0 Å². The van der Waals surface area contributed by atoms with E-state index in [-0.39, 0.29) is 0 Å². The van der Waals surface area contributed by atoms with E-state index in [1.165, 1.54) is 5.01 Å². The molecule has 0 aliphatic heterocycles. The van der Waals surface area contributed by atoms with Crippen LogP contribution in [0.3, 0.4) is 0 Å². The molecule has 5 nitrogen and oxygen atoms in total. The first-order valence-corrected chi connectivity index (χ1v) is 8.47. The van der Waals surface area contributed by atoms with Gasteiger partial charge in [-0.15, -0.1) is 11.3 Å². The van der Waals surface area contributed by atoms with Gasteiger partial charge in [0, 0.05) is 42.5 Å². The molecular formula is C16H23N5S. The van der Waals surface area contributed by atoms with E-state index in [0.717, 1.165) is 50.2 Å². The van der Waals surface area contributed by atoms with Gasteiger partial charge in [0.05, 0.1) is 5.01 Å². The molecule has 6 heteroatoms. The van der Waals surface area contributed by atoms with Crippen molar-refractivity contribution in [2.45, 2.75) is 32.6 Å². The van der Waals surface area contributed by atoms with Crippen LogP contribution in [0.1, 0.15) is 29.2 Å². The molecular weight excluding hydrogens is 294 g/mol. The lowest BCUT2D eigenvalue weighted by atomic mass is 10.2. The average molecular weight is 317 g/mol. The first-order valence-electron chi connectivity index (χ1n) is 7.59. The van der Waals surface area contributed by atoms with Crippen molar-refractivity contribution in [3.05, 3.63) is 46.2 Å². The molecule has 118 valence electrons. The molecule has 0 amide bonds. The van der Waals surface area contributed by atoms with Gasteiger partial charge < -0.3 is 11.1 Å². The Kier molecular flexibility index (Phi) is 6.83. The topological polar surface area (TPSA) is 76.2 Å². The molecule has 0 spiro atoms. The average Bonchev–Trinajstić information content (AvgIpc) is 2.93. The van der Waals surface area contributed by atoms with Crippen molar-refractivity contribution in [1.29, 1.82) is 0 Å². The summed E-state index contributed by atoms with van der Waals surface area (Å²) in [5, 5.41) is 6.43. The molecule has 0 bridgehead atoms. The zero-order valence-corrected chi connectivity index (χ0v) is 13.8. The smallest absolute Gasteiger partial charge is 0.188 e. The lowest BCUT2D eigenvalue weighted by Gasteiger charge is -2.05. The number of pyridine rings is 1. The summed E-state index contributed by atoms with van der Waals surface area (Å²) < 4.78 is 0. The van der Waals surface area contributed by atoms with E-state index in [1.54, 1.807) is 17.5 Å². The molecule has 0 atom stereocenters. The van der Waals surface area contributed by atoms with E-state index in [9.17, 15) is 0 Å². The second-order valence-corrected chi connectivity index (χ2v) is 6.05. The van der Waals surface area contributed by atoms with Crippen molar-refractivity contribution < 1.29 is 0 Å². The van der Waals surface area contributed by atoms with Gasteiger partial charge in [-0.25, -0.2) is 4.98 Å². The van der Waals surface area contributed by atoms with E-state index >= 15 is 0 Å². The van der Waals surface area contributed by atoms with Gasteiger partial charge in [0.2, 0.25) is 0 Å². The summed E-state index contributed by atoms with van der Waals surface area (Å²) in [5.74, 6) is 0.515. The minimum Gasteiger partial charge on any atom is -0.370 e. The van der Waals surface area contributed by atoms with Crippen LogP contribution in [-0.4, -0.2) is 29.0 Å². The van der Waals surface area contributed by atoms with Crippen LogP contribution >= 0.6 is 11.3 Å². The Morgan fingerprint density at radius 1 is 1.32 bits per heavy atom. The third-order valence-electron chi connectivity index (χ3n) is 3.16. The third-order valence-corrected chi connectivity index (χ3v) is 4.19. The maximum absolute atomic E-state index is 5.84. The van der Waals surface area contributed by atoms with Gasteiger partial charge in [0.15, 0.2) is 5.96 Å². The van der Waals surface area contributed by atoms with E-state index in [0.29, 0.717) is 5.96 Å². The van der Waals surface area contributed by atoms with E-state index in [1.807, 2.05) is 25.1 Å². The summed E-state index contributed by atoms with van der Waals surface area (Å²) in [5.41, 5.74) is 8.01. The summed E-state index contributed by atoms with van der Waals surface area (Å²) in [7, 11) is 0. The number of guanidine groups is 1. The molecule has 0 aliphatic carbocycles. The Morgan fingerprint density at radius 2 is 2.23 bits per heavy atom.